The van der Waals surface area contributed by atoms with Crippen LogP contribution in [0.3, 0.4) is 0 Å². The van der Waals surface area contributed by atoms with Crippen LogP contribution < -0.4 is 0 Å². The van der Waals surface area contributed by atoms with Crippen molar-refractivity contribution in [2.75, 3.05) is 6.61 Å². The molecule has 1 atom stereocenters. The van der Waals surface area contributed by atoms with Gasteiger partial charge in [-0.15, -0.1) is 0 Å². The minimum Gasteiger partial charge on any atom is -0.478 e. The summed E-state index contributed by atoms with van der Waals surface area (Å²) < 4.78 is 5.50. The smallest absolute Gasteiger partial charge is 0.328 e. The number of carboxylic acids is 1. The van der Waals surface area contributed by atoms with Crippen molar-refractivity contribution >= 4 is 5.97 Å². The Kier molecular flexibility index (Phi) is 3.96. The number of hydrogen-bond acceptors (Lipinski definition) is 2. The molecule has 1 N–H and O–H groups in total. The van der Waals surface area contributed by atoms with E-state index in [0.29, 0.717) is 6.61 Å². The molecule has 1 heterocycles. The monoisotopic (exact) mass is 184 g/mol. The summed E-state index contributed by atoms with van der Waals surface area (Å²) in [5, 5.41) is 8.56. The summed E-state index contributed by atoms with van der Waals surface area (Å²) in [6.45, 7) is 2.78. The lowest BCUT2D eigenvalue weighted by Gasteiger charge is -2.24. The third-order valence-corrected chi connectivity index (χ3v) is 2.20. The highest BCUT2D eigenvalue weighted by Crippen LogP contribution is 2.21. The normalized spacial score (nSPS) is 26.2. The van der Waals surface area contributed by atoms with E-state index in [1.54, 1.807) is 0 Å². The fraction of sp³-hybridized carbons (Fsp3) is 0.700. The van der Waals surface area contributed by atoms with Gasteiger partial charge in [-0.25, -0.2) is 4.79 Å². The molecule has 13 heavy (non-hydrogen) atoms. The molecule has 1 rings (SSSR count). The van der Waals surface area contributed by atoms with Gasteiger partial charge in [-0.05, 0) is 19.3 Å². The molecule has 0 bridgehead atoms. The van der Waals surface area contributed by atoms with E-state index in [9.17, 15) is 4.79 Å². The first-order valence-corrected chi connectivity index (χ1v) is 4.76. The SMILES string of the molecule is CCCC1CC(=CC(=O)O)CCO1. The van der Waals surface area contributed by atoms with E-state index in [0.717, 1.165) is 31.3 Å². The summed E-state index contributed by atoms with van der Waals surface area (Å²) in [6.07, 6.45) is 5.24. The number of aliphatic carboxylic acids is 1. The molecule has 0 aromatic rings. The molecule has 1 aliphatic heterocycles. The minimum absolute atomic E-state index is 0.240. The van der Waals surface area contributed by atoms with Gasteiger partial charge in [0.05, 0.1) is 12.7 Å². The van der Waals surface area contributed by atoms with Gasteiger partial charge in [0.15, 0.2) is 0 Å². The van der Waals surface area contributed by atoms with Crippen LogP contribution in [0.4, 0.5) is 0 Å². The van der Waals surface area contributed by atoms with Gasteiger partial charge in [0.1, 0.15) is 0 Å². The molecule has 74 valence electrons. The molecule has 1 unspecified atom stereocenters. The van der Waals surface area contributed by atoms with Gasteiger partial charge in [-0.2, -0.15) is 0 Å². The highest BCUT2D eigenvalue weighted by molar-refractivity contribution is 5.80. The summed E-state index contributed by atoms with van der Waals surface area (Å²) in [7, 11) is 0. The number of carboxylic acid groups (broad SMARTS) is 1. The highest BCUT2D eigenvalue weighted by atomic mass is 16.5. The standard InChI is InChI=1S/C10H16O3/c1-2-3-9-6-8(4-5-13-9)7-10(11)12/h7,9H,2-6H2,1H3,(H,11,12). The number of rotatable bonds is 3. The highest BCUT2D eigenvalue weighted by Gasteiger charge is 2.16. The molecule has 0 saturated carbocycles. The number of hydrogen-bond donors (Lipinski definition) is 1. The lowest BCUT2D eigenvalue weighted by atomic mass is 9.99. The van der Waals surface area contributed by atoms with Crippen LogP contribution in [0.25, 0.3) is 0 Å². The molecule has 1 fully saturated rings. The Morgan fingerprint density at radius 1 is 1.77 bits per heavy atom. The van der Waals surface area contributed by atoms with Gasteiger partial charge in [-0.1, -0.05) is 18.9 Å². The molecule has 0 aromatic heterocycles. The zero-order valence-corrected chi connectivity index (χ0v) is 7.95. The van der Waals surface area contributed by atoms with Crippen molar-refractivity contribution in [2.45, 2.75) is 38.7 Å². The average molecular weight is 184 g/mol. The van der Waals surface area contributed by atoms with E-state index >= 15 is 0 Å². The Balaban J connectivity index is 2.46. The predicted molar refractivity (Wildman–Crippen MR) is 49.6 cm³/mol. The van der Waals surface area contributed by atoms with E-state index in [-0.39, 0.29) is 6.10 Å². The van der Waals surface area contributed by atoms with E-state index in [1.807, 2.05) is 0 Å². The van der Waals surface area contributed by atoms with Gasteiger partial charge >= 0.3 is 5.97 Å². The van der Waals surface area contributed by atoms with Crippen LogP contribution in [-0.4, -0.2) is 23.8 Å². The summed E-state index contributed by atoms with van der Waals surface area (Å²) >= 11 is 0. The predicted octanol–water partition coefficient (Wildman–Crippen LogP) is 1.98. The van der Waals surface area contributed by atoms with Crippen LogP contribution in [0.5, 0.6) is 0 Å². The van der Waals surface area contributed by atoms with Crippen molar-refractivity contribution < 1.29 is 14.6 Å². The molecule has 1 saturated heterocycles. The average Bonchev–Trinajstić information content (AvgIpc) is 2.04. The molecule has 3 heteroatoms. The quantitative estimate of drug-likeness (QED) is 0.682. The lowest BCUT2D eigenvalue weighted by molar-refractivity contribution is -0.131. The Bertz CT molecular complexity index is 206. The van der Waals surface area contributed by atoms with Crippen molar-refractivity contribution in [3.63, 3.8) is 0 Å². The third kappa shape index (κ3) is 3.59. The molecule has 0 spiro atoms. The molecule has 1 aliphatic rings. The maximum absolute atomic E-state index is 10.4. The van der Waals surface area contributed by atoms with Crippen molar-refractivity contribution in [2.24, 2.45) is 0 Å². The number of carbonyl (C=O) groups is 1. The molecular weight excluding hydrogens is 168 g/mol. The van der Waals surface area contributed by atoms with Crippen LogP contribution in [0, 0.1) is 0 Å². The summed E-state index contributed by atoms with van der Waals surface area (Å²) in [6, 6.07) is 0. The summed E-state index contributed by atoms with van der Waals surface area (Å²) in [4.78, 5) is 10.4. The molecule has 3 nitrogen and oxygen atoms in total. The van der Waals surface area contributed by atoms with Gasteiger partial charge in [0.25, 0.3) is 0 Å². The van der Waals surface area contributed by atoms with Gasteiger partial charge in [-0.3, -0.25) is 0 Å². The topological polar surface area (TPSA) is 46.5 Å². The van der Waals surface area contributed by atoms with Gasteiger partial charge in [0.2, 0.25) is 0 Å². The lowest BCUT2D eigenvalue weighted by Crippen LogP contribution is -2.20. The maximum atomic E-state index is 10.4. The Hall–Kier alpha value is -0.830. The minimum atomic E-state index is -0.841. The number of ether oxygens (including phenoxy) is 1. The van der Waals surface area contributed by atoms with Crippen LogP contribution in [0.15, 0.2) is 11.6 Å². The summed E-state index contributed by atoms with van der Waals surface area (Å²) in [5.41, 5.74) is 1.01. The first-order valence-electron chi connectivity index (χ1n) is 4.76. The van der Waals surface area contributed by atoms with Crippen LogP contribution >= 0.6 is 0 Å². The zero-order chi connectivity index (χ0) is 9.68. The van der Waals surface area contributed by atoms with Crippen LogP contribution in [-0.2, 0) is 9.53 Å². The largest absolute Gasteiger partial charge is 0.478 e. The molecular formula is C10H16O3. The van der Waals surface area contributed by atoms with E-state index in [2.05, 4.69) is 6.92 Å². The molecule has 0 aliphatic carbocycles. The van der Waals surface area contributed by atoms with Crippen molar-refractivity contribution in [1.29, 1.82) is 0 Å². The molecule has 0 radical (unpaired) electrons. The van der Waals surface area contributed by atoms with Crippen LogP contribution in [0.1, 0.15) is 32.6 Å². The van der Waals surface area contributed by atoms with E-state index in [4.69, 9.17) is 9.84 Å². The zero-order valence-electron chi connectivity index (χ0n) is 7.95. The second-order valence-electron chi connectivity index (χ2n) is 3.38. The first kappa shape index (κ1) is 10.3. The van der Waals surface area contributed by atoms with E-state index < -0.39 is 5.97 Å². The van der Waals surface area contributed by atoms with Crippen LogP contribution in [0.2, 0.25) is 0 Å². The van der Waals surface area contributed by atoms with Crippen molar-refractivity contribution in [3.8, 4) is 0 Å². The third-order valence-electron chi connectivity index (χ3n) is 2.20. The fourth-order valence-corrected chi connectivity index (χ4v) is 1.62. The molecule has 0 amide bonds. The van der Waals surface area contributed by atoms with E-state index in [1.165, 1.54) is 6.08 Å². The Labute approximate surface area is 78.4 Å². The fourth-order valence-electron chi connectivity index (χ4n) is 1.62. The molecule has 0 aromatic carbocycles. The summed E-state index contributed by atoms with van der Waals surface area (Å²) in [5.74, 6) is -0.841. The van der Waals surface area contributed by atoms with Gasteiger partial charge in [0, 0.05) is 6.08 Å². The van der Waals surface area contributed by atoms with Crippen molar-refractivity contribution in [1.82, 2.24) is 0 Å². The second-order valence-corrected chi connectivity index (χ2v) is 3.38. The van der Waals surface area contributed by atoms with Crippen molar-refractivity contribution in [3.05, 3.63) is 11.6 Å². The second kappa shape index (κ2) is 5.02. The Morgan fingerprint density at radius 3 is 3.15 bits per heavy atom. The first-order chi connectivity index (χ1) is 6.22. The van der Waals surface area contributed by atoms with Gasteiger partial charge < -0.3 is 9.84 Å². The Morgan fingerprint density at radius 2 is 2.54 bits per heavy atom. The maximum Gasteiger partial charge on any atom is 0.328 e.